The molecule has 0 aromatic carbocycles. The average Bonchev–Trinajstić information content (AvgIpc) is 2.17. The first-order chi connectivity index (χ1) is 7.26. The van der Waals surface area contributed by atoms with Crippen molar-refractivity contribution in [1.82, 2.24) is 0 Å². The molecule has 1 aliphatic rings. The van der Waals surface area contributed by atoms with Gasteiger partial charge in [0.05, 0.1) is 14.4 Å². The Morgan fingerprint density at radius 1 is 0.913 bits per heavy atom. The van der Waals surface area contributed by atoms with Gasteiger partial charge in [-0.1, -0.05) is 0 Å². The molecular weight excluding hydrogens is 405 g/mol. The van der Waals surface area contributed by atoms with Crippen LogP contribution in [-0.2, 0) is 13.8 Å². The van der Waals surface area contributed by atoms with Crippen molar-refractivity contribution in [2.45, 2.75) is 30.7 Å². The van der Waals surface area contributed by atoms with Gasteiger partial charge in [-0.3, -0.25) is 0 Å². The molecule has 1 unspecified atom stereocenters. The van der Waals surface area contributed by atoms with Crippen molar-refractivity contribution < 1.29 is 174 Å². The third-order valence-corrected chi connectivity index (χ3v) is 2.55. The molecule has 17 heteroatoms. The molecule has 1 aliphatic heterocycles. The van der Waals surface area contributed by atoms with E-state index in [2.05, 4.69) is 9.26 Å². The first-order valence-corrected chi connectivity index (χ1v) is 5.73. The van der Waals surface area contributed by atoms with Crippen LogP contribution >= 0.6 is 7.82 Å². The zero-order valence-electron chi connectivity index (χ0n) is 12.4. The molecule has 0 aromatic heterocycles. The van der Waals surface area contributed by atoms with Gasteiger partial charge in [0.1, 0.15) is 24.4 Å². The second-order valence-corrected chi connectivity index (χ2v) is 4.36. The van der Waals surface area contributed by atoms with Crippen LogP contribution in [0.5, 0.6) is 0 Å². The topological polar surface area (TPSA) is 320 Å². The molecule has 0 bridgehead atoms. The Morgan fingerprint density at radius 3 is 1.61 bits per heavy atom. The van der Waals surface area contributed by atoms with Gasteiger partial charge in [-0.05, 0) is 0 Å². The van der Waals surface area contributed by atoms with Crippen molar-refractivity contribution >= 4 is 7.82 Å². The number of aliphatic hydroxyl groups excluding tert-OH is 4. The predicted octanol–water partition coefficient (Wildman–Crippen LogP) is -14.5. The molecule has 0 aromatic rings. The number of hydrogen-bond acceptors (Lipinski definition) is 9. The first-order valence-electron chi connectivity index (χ1n) is 4.27. The van der Waals surface area contributed by atoms with Gasteiger partial charge in [-0.25, -0.2) is 0 Å². The van der Waals surface area contributed by atoms with E-state index < -0.39 is 45.1 Å². The zero-order chi connectivity index (χ0) is 12.5. The summed E-state index contributed by atoms with van der Waals surface area (Å²) in [7, 11) is -5.41. The van der Waals surface area contributed by atoms with Gasteiger partial charge in [0.2, 0.25) is 0 Å². The van der Waals surface area contributed by atoms with Crippen LogP contribution in [0.15, 0.2) is 0 Å². The third kappa shape index (κ3) is 14.7. The van der Waals surface area contributed by atoms with E-state index >= 15 is 0 Å². The number of ether oxygens (including phenoxy) is 1. The molecule has 0 spiro atoms. The minimum absolute atomic E-state index is 0. The quantitative estimate of drug-likeness (QED) is 0.245. The van der Waals surface area contributed by atoms with Gasteiger partial charge in [-0.2, -0.15) is 0 Å². The molecule has 23 heavy (non-hydrogen) atoms. The second-order valence-electron chi connectivity index (χ2n) is 3.25. The SMILES string of the molecule is O.O.O.O.O.O=P([O-])([O-])O[C@H]1O[C@H](CO)[C@H](O)C(O)[C@H]1O.[K+].[K+]. The molecule has 0 aliphatic carbocycles. The zero-order valence-corrected chi connectivity index (χ0v) is 19.5. The Balaban J connectivity index is -0.0000000731. The summed E-state index contributed by atoms with van der Waals surface area (Å²) in [6.07, 6.45) is -8.61. The minimum atomic E-state index is -5.41. The average molecular weight is 426 g/mol. The Bertz CT molecular complexity index is 288. The monoisotopic (exact) mass is 426 g/mol. The van der Waals surface area contributed by atoms with Crippen molar-refractivity contribution in [3.8, 4) is 0 Å². The maximum absolute atomic E-state index is 10.3. The van der Waals surface area contributed by atoms with Gasteiger partial charge in [0.25, 0.3) is 0 Å². The summed E-state index contributed by atoms with van der Waals surface area (Å²) >= 11 is 0. The van der Waals surface area contributed by atoms with Gasteiger partial charge < -0.3 is 71.4 Å². The smallest absolute Gasteiger partial charge is 0.790 e. The summed E-state index contributed by atoms with van der Waals surface area (Å²) in [5.41, 5.74) is 0. The largest absolute Gasteiger partial charge is 1.00 e. The van der Waals surface area contributed by atoms with Crippen LogP contribution in [0.4, 0.5) is 0 Å². The molecule has 5 atom stereocenters. The molecule has 14 N–H and O–H groups in total. The summed E-state index contributed by atoms with van der Waals surface area (Å²) in [6, 6.07) is 0. The minimum Gasteiger partial charge on any atom is -0.790 e. The normalized spacial score (nSPS) is 28.5. The molecule has 0 saturated carbocycles. The van der Waals surface area contributed by atoms with Gasteiger partial charge >= 0.3 is 103 Å². The predicted molar refractivity (Wildman–Crippen MR) is 60.5 cm³/mol. The van der Waals surface area contributed by atoms with E-state index in [-0.39, 0.29) is 130 Å². The van der Waals surface area contributed by atoms with E-state index in [1.807, 2.05) is 0 Å². The van der Waals surface area contributed by atoms with Crippen LogP contribution in [0.3, 0.4) is 0 Å². The second kappa shape index (κ2) is 19.7. The molecule has 1 rings (SSSR count). The molecule has 1 saturated heterocycles. The van der Waals surface area contributed by atoms with Crippen molar-refractivity contribution in [3.63, 3.8) is 0 Å². The number of phosphoric acid groups is 1. The van der Waals surface area contributed by atoms with E-state index in [4.69, 9.17) is 5.11 Å². The summed E-state index contributed by atoms with van der Waals surface area (Å²) < 4.78 is 18.7. The van der Waals surface area contributed by atoms with E-state index in [0.717, 1.165) is 0 Å². The van der Waals surface area contributed by atoms with E-state index in [1.165, 1.54) is 0 Å². The van der Waals surface area contributed by atoms with Gasteiger partial charge in [0.15, 0.2) is 6.29 Å². The summed E-state index contributed by atoms with van der Waals surface area (Å²) in [5, 5.41) is 36.5. The number of phosphoric ester groups is 1. The van der Waals surface area contributed by atoms with Crippen LogP contribution in [0.2, 0.25) is 0 Å². The Hall–Kier alpha value is 2.98. The van der Waals surface area contributed by atoms with Crippen molar-refractivity contribution in [2.75, 3.05) is 6.61 Å². The Kier molecular flexibility index (Phi) is 38.6. The van der Waals surface area contributed by atoms with Crippen LogP contribution in [0.25, 0.3) is 0 Å². The summed E-state index contributed by atoms with van der Waals surface area (Å²) in [5.74, 6) is 0. The van der Waals surface area contributed by atoms with Crippen LogP contribution in [-0.4, -0.2) is 85.1 Å². The number of aliphatic hydroxyl groups is 4. The first kappa shape index (κ1) is 45.0. The molecule has 1 fully saturated rings. The van der Waals surface area contributed by atoms with Crippen LogP contribution < -0.4 is 113 Å². The standard InChI is InChI=1S/C6H13O9P.2K.5H2O/c7-1-2-3(8)4(9)5(10)6(14-2)15-16(11,12)13;;;;;;;/h2-10H,1H2,(H2,11,12,13);;;5*1H2/q;2*+1;;;;;/p-2/t2-,3+,4?,5-,6-;;;;;;;/m1......./s1. The molecule has 14 nitrogen and oxygen atoms in total. The van der Waals surface area contributed by atoms with E-state index in [1.54, 1.807) is 0 Å². The molecule has 0 radical (unpaired) electrons. The molecule has 1 heterocycles. The molecular formula is C6H21K2O14P. The van der Waals surface area contributed by atoms with Crippen molar-refractivity contribution in [1.29, 1.82) is 0 Å². The van der Waals surface area contributed by atoms with Crippen LogP contribution in [0.1, 0.15) is 0 Å². The van der Waals surface area contributed by atoms with Gasteiger partial charge in [0, 0.05) is 0 Å². The number of rotatable bonds is 3. The summed E-state index contributed by atoms with van der Waals surface area (Å²) in [6.45, 7) is -0.743. The maximum atomic E-state index is 10.3. The fourth-order valence-corrected chi connectivity index (χ4v) is 1.71. The summed E-state index contributed by atoms with van der Waals surface area (Å²) in [4.78, 5) is 20.6. The van der Waals surface area contributed by atoms with Gasteiger partial charge in [-0.15, -0.1) is 0 Å². The van der Waals surface area contributed by atoms with Crippen LogP contribution in [0, 0.1) is 0 Å². The van der Waals surface area contributed by atoms with E-state index in [0.29, 0.717) is 0 Å². The Morgan fingerprint density at radius 2 is 1.30 bits per heavy atom. The fourth-order valence-electron chi connectivity index (χ4n) is 1.28. The third-order valence-electron chi connectivity index (χ3n) is 2.08. The van der Waals surface area contributed by atoms with Crippen molar-refractivity contribution in [2.24, 2.45) is 0 Å². The fraction of sp³-hybridized carbons (Fsp3) is 1.00. The maximum Gasteiger partial charge on any atom is 1.00 e. The molecule has 0 amide bonds. The number of hydrogen-bond donors (Lipinski definition) is 4. The Labute approximate surface area is 215 Å². The molecule has 136 valence electrons. The van der Waals surface area contributed by atoms with E-state index in [9.17, 15) is 29.7 Å². The van der Waals surface area contributed by atoms with Crippen molar-refractivity contribution in [3.05, 3.63) is 0 Å².